The highest BCUT2D eigenvalue weighted by atomic mass is 35.6. The topological polar surface area (TPSA) is 357 Å². The highest BCUT2D eigenvalue weighted by Gasteiger charge is 2.35. The molecule has 11 N–H and O–H groups in total. The number of alkyl halides is 3. The number of nitrogens with one attached hydrogen (secondary N) is 2. The summed E-state index contributed by atoms with van der Waals surface area (Å²) in [6.07, 6.45) is 7.46. The Morgan fingerprint density at radius 3 is 1.38 bits per heavy atom. The van der Waals surface area contributed by atoms with Crippen LogP contribution in [-0.4, -0.2) is 133 Å². The summed E-state index contributed by atoms with van der Waals surface area (Å²) in [7, 11) is 5.71. The van der Waals surface area contributed by atoms with Gasteiger partial charge in [0.2, 0.25) is 23.1 Å². The highest BCUT2D eigenvalue weighted by molar-refractivity contribution is 6.63. The molecule has 0 spiro atoms. The van der Waals surface area contributed by atoms with E-state index in [-0.39, 0.29) is 82.0 Å². The van der Waals surface area contributed by atoms with Gasteiger partial charge in [-0.1, -0.05) is 111 Å². The molecule has 4 aliphatic rings. The molecule has 0 aromatic rings. The molecule has 0 aromatic carbocycles. The van der Waals surface area contributed by atoms with E-state index in [1.165, 1.54) is 66.6 Å². The fourth-order valence-corrected chi connectivity index (χ4v) is 9.05. The minimum Gasteiger partial charge on any atom is -0.439 e. The molecule has 0 aromatic heterocycles. The quantitative estimate of drug-likeness (QED) is 0.0961. The lowest BCUT2D eigenvalue weighted by atomic mass is 9.85. The molecule has 0 unspecified atom stereocenters. The van der Waals surface area contributed by atoms with Crippen molar-refractivity contribution in [1.29, 1.82) is 0 Å². The van der Waals surface area contributed by atoms with Gasteiger partial charge in [-0.15, -0.1) is 0 Å². The van der Waals surface area contributed by atoms with Gasteiger partial charge in [-0.25, -0.2) is 9.59 Å². The van der Waals surface area contributed by atoms with Crippen LogP contribution in [0.1, 0.15) is 81.1 Å². The molecule has 0 radical (unpaired) electrons. The van der Waals surface area contributed by atoms with Crippen LogP contribution in [0, 0.1) is 23.7 Å². The molecule has 82 heavy (non-hydrogen) atoms. The lowest BCUT2D eigenvalue weighted by Crippen LogP contribution is -2.37. The van der Waals surface area contributed by atoms with E-state index in [1.807, 2.05) is 6.92 Å². The second-order valence-corrected chi connectivity index (χ2v) is 22.0. The minimum absolute atomic E-state index is 0.0743. The predicted molar refractivity (Wildman–Crippen MR) is 308 cm³/mol. The van der Waals surface area contributed by atoms with Gasteiger partial charge in [-0.3, -0.25) is 33.6 Å². The third-order valence-electron chi connectivity index (χ3n) is 13.5. The minimum atomic E-state index is -1.03. The van der Waals surface area contributed by atoms with Gasteiger partial charge in [0.25, 0.3) is 11.8 Å². The summed E-state index contributed by atoms with van der Waals surface area (Å²) in [6.45, 7) is 13.6. The molecule has 452 valence electrons. The van der Waals surface area contributed by atoms with Crippen molar-refractivity contribution in [1.82, 2.24) is 10.6 Å². The number of carbonyl (C=O) groups excluding carboxylic acids is 9. The summed E-state index contributed by atoms with van der Waals surface area (Å²) >= 11 is 14.4. The predicted octanol–water partition coefficient (Wildman–Crippen LogP) is 5.64. The zero-order valence-corrected chi connectivity index (χ0v) is 50.3. The van der Waals surface area contributed by atoms with E-state index in [4.69, 9.17) is 86.2 Å². The number of ketones is 5. The standard InChI is InChI=1S/C28H39N3O8.C28H37N3O8.CHCl3/c2*1-14-10-18-23(29)20(32)13-19(25(18)34)31-27(35)15(2)8-7-9-21(37-5)26(39-28(30)36)17(4)12-16(3)24(33)22(11-14)38-6;2-1(3)4/h7-9,12-14,16,21-22,24,26,33H,10-11,29H2,1-6H3,(H2,30,36)(H,31,35);7-9,12-14,16,21-22,26H,10-11,29H2,1-6H3,(H2,30,36)(H,31,35);1H/b2*9-7-,15-8+,17-12+;/t14-,16+,21+,22+,24-,26+;14-,16+,21+,22+,26+;/m11./s1. The van der Waals surface area contributed by atoms with Crippen LogP contribution in [0.15, 0.2) is 117 Å². The Bertz CT molecular complexity index is 2740. The Morgan fingerprint density at radius 2 is 1.01 bits per heavy atom. The average molecular weight is 1210 g/mol. The van der Waals surface area contributed by atoms with Crippen LogP contribution in [-0.2, 0) is 62.0 Å². The highest BCUT2D eigenvalue weighted by Crippen LogP contribution is 2.30. The van der Waals surface area contributed by atoms with Gasteiger partial charge in [-0.05, 0) is 76.4 Å². The Balaban J connectivity index is 0.000000525. The second-order valence-electron chi connectivity index (χ2n) is 20.0. The number of aliphatic hydroxyl groups excluding tert-OH is 1. The molecule has 4 amide bonds. The fourth-order valence-electron chi connectivity index (χ4n) is 9.05. The smallest absolute Gasteiger partial charge is 0.405 e. The van der Waals surface area contributed by atoms with Gasteiger partial charge in [0, 0.05) is 74.7 Å². The number of amides is 4. The summed E-state index contributed by atoms with van der Waals surface area (Å²) < 4.78 is 32.0. The van der Waals surface area contributed by atoms with Crippen molar-refractivity contribution < 1.29 is 76.7 Å². The van der Waals surface area contributed by atoms with Crippen molar-refractivity contribution in [3.05, 3.63) is 117 Å². The van der Waals surface area contributed by atoms with Gasteiger partial charge in [-0.2, -0.15) is 0 Å². The van der Waals surface area contributed by atoms with E-state index in [1.54, 1.807) is 58.9 Å². The van der Waals surface area contributed by atoms with Crippen LogP contribution < -0.4 is 33.6 Å². The number of Topliss-reactive ketones (excluding diaryl/α,β-unsaturated/α-hetero) is 3. The van der Waals surface area contributed by atoms with Crippen molar-refractivity contribution >= 4 is 87.7 Å². The molecule has 0 saturated heterocycles. The van der Waals surface area contributed by atoms with Crippen LogP contribution >= 0.6 is 34.8 Å². The zero-order chi connectivity index (χ0) is 62.5. The molecular formula is C57H77Cl3N6O16. The largest absolute Gasteiger partial charge is 0.439 e. The second kappa shape index (κ2) is 34.2. The van der Waals surface area contributed by atoms with E-state index in [0.29, 0.717) is 17.6 Å². The monoisotopic (exact) mass is 1210 g/mol. The van der Waals surface area contributed by atoms with E-state index in [9.17, 15) is 48.3 Å². The van der Waals surface area contributed by atoms with Gasteiger partial charge in [0.15, 0.2) is 22.3 Å². The van der Waals surface area contributed by atoms with Crippen LogP contribution in [0.4, 0.5) is 9.59 Å². The number of fused-ring (bicyclic) bond motifs is 4. The first-order valence-corrected chi connectivity index (χ1v) is 27.1. The van der Waals surface area contributed by atoms with Gasteiger partial charge in [0.05, 0.1) is 35.0 Å². The first-order chi connectivity index (χ1) is 38.3. The third kappa shape index (κ3) is 21.7. The van der Waals surface area contributed by atoms with E-state index in [2.05, 4.69) is 10.6 Å². The summed E-state index contributed by atoms with van der Waals surface area (Å²) in [5, 5.41) is 16.1. The van der Waals surface area contributed by atoms with Crippen LogP contribution in [0.5, 0.6) is 0 Å². The number of carbonyl (C=O) groups is 9. The number of methoxy groups -OCH3 is 4. The van der Waals surface area contributed by atoms with Crippen molar-refractivity contribution in [2.45, 2.75) is 128 Å². The summed E-state index contributed by atoms with van der Waals surface area (Å²) in [5.41, 5.74) is 23.6. The van der Waals surface area contributed by atoms with E-state index >= 15 is 0 Å². The average Bonchev–Trinajstić information content (AvgIpc) is 3.49. The number of hydrogen-bond acceptors (Lipinski definition) is 18. The van der Waals surface area contributed by atoms with Gasteiger partial charge >= 0.3 is 12.2 Å². The maximum Gasteiger partial charge on any atom is 0.405 e. The van der Waals surface area contributed by atoms with Crippen molar-refractivity contribution in [2.24, 2.45) is 46.6 Å². The first-order valence-electron chi connectivity index (χ1n) is 25.8. The van der Waals surface area contributed by atoms with Gasteiger partial charge < -0.3 is 67.1 Å². The van der Waals surface area contributed by atoms with Crippen molar-refractivity contribution in [2.75, 3.05) is 28.4 Å². The lowest BCUT2D eigenvalue weighted by molar-refractivity contribution is -0.132. The number of nitrogens with two attached hydrogens (primary N) is 4. The lowest BCUT2D eigenvalue weighted by Gasteiger charge is -2.29. The van der Waals surface area contributed by atoms with Crippen molar-refractivity contribution in [3.63, 3.8) is 0 Å². The number of primary amides is 2. The number of aliphatic hydroxyl groups is 1. The first kappa shape index (κ1) is 71.6. The fraction of sp³-hybridized carbons (Fsp3) is 0.491. The molecule has 4 rings (SSSR count). The number of hydrogen-bond donors (Lipinski definition) is 7. The van der Waals surface area contributed by atoms with Crippen LogP contribution in [0.25, 0.3) is 0 Å². The molecule has 22 nitrogen and oxygen atoms in total. The third-order valence-corrected chi connectivity index (χ3v) is 13.5. The Labute approximate surface area is 493 Å². The Hall–Kier alpha value is -6.50. The van der Waals surface area contributed by atoms with E-state index < -0.39 is 106 Å². The van der Waals surface area contributed by atoms with Crippen LogP contribution in [0.3, 0.4) is 0 Å². The normalized spacial score (nSPS) is 31.2. The van der Waals surface area contributed by atoms with Crippen LogP contribution in [0.2, 0.25) is 0 Å². The zero-order valence-electron chi connectivity index (χ0n) is 48.0. The number of rotatable bonds is 6. The molecule has 2 aliphatic heterocycles. The maximum absolute atomic E-state index is 13.3. The van der Waals surface area contributed by atoms with Gasteiger partial charge in [0.1, 0.15) is 18.3 Å². The van der Waals surface area contributed by atoms with E-state index in [0.717, 1.165) is 12.2 Å². The number of ether oxygens (including phenoxy) is 6. The number of halogens is 3. The summed E-state index contributed by atoms with van der Waals surface area (Å²) in [4.78, 5) is 113. The molecule has 2 heterocycles. The Morgan fingerprint density at radius 1 is 0.622 bits per heavy atom. The molecular weight excluding hydrogens is 1130 g/mol. The SMILES string of the molecule is CO[C@H]1/C=C\C=C(/C)C(=O)NC2=CC(=O)C(N)=C(C[C@@H](C)C[C@H](OC)[C@H](O)[C@@H](C)/C=C(\C)[C@@H]1OC(N)=O)C2=O.CO[C@H]1C[C@H](C)CC2=C(N)C(=O)C=C(NC(=O)/C(C)=C/C=C\[C@H](OC)[C@@H](OC(N)=O)/C(C)=C/[C@H](C)C1=O)C2=O.ClC(Cl)Cl. The summed E-state index contributed by atoms with van der Waals surface area (Å²) in [6, 6.07) is 0. The molecule has 0 saturated carbocycles. The van der Waals surface area contributed by atoms with Crippen molar-refractivity contribution in [3.8, 4) is 0 Å². The summed E-state index contributed by atoms with van der Waals surface area (Å²) in [5.74, 6) is -5.27. The molecule has 0 fully saturated rings. The Kier molecular flexibility index (Phi) is 29.9. The maximum atomic E-state index is 13.3. The number of allylic oxidation sites excluding steroid dienone is 9. The molecule has 11 atom stereocenters. The molecule has 4 bridgehead atoms. The molecule has 2 aliphatic carbocycles. The molecule has 25 heteroatoms.